The molecule has 2 amide bonds. The minimum atomic E-state index is -0.407. The first-order valence-corrected chi connectivity index (χ1v) is 10.8. The van der Waals surface area contributed by atoms with Crippen LogP contribution in [0.25, 0.3) is 5.69 Å². The minimum absolute atomic E-state index is 0.0914. The van der Waals surface area contributed by atoms with E-state index in [1.807, 2.05) is 4.90 Å². The van der Waals surface area contributed by atoms with E-state index in [0.717, 1.165) is 25.2 Å². The molecule has 31 heavy (non-hydrogen) atoms. The molecule has 1 aliphatic heterocycles. The molecule has 0 radical (unpaired) electrons. The van der Waals surface area contributed by atoms with Crippen LogP contribution in [0.1, 0.15) is 59.5 Å². The number of hydrogen-bond acceptors (Lipinski definition) is 5. The number of piperidine rings is 1. The summed E-state index contributed by atoms with van der Waals surface area (Å²) in [5.41, 5.74) is 2.31. The highest BCUT2D eigenvalue weighted by Gasteiger charge is 2.21. The first kappa shape index (κ1) is 22.5. The predicted molar refractivity (Wildman–Crippen MR) is 116 cm³/mol. The molecule has 1 saturated heterocycles. The predicted octanol–water partition coefficient (Wildman–Crippen LogP) is 2.74. The van der Waals surface area contributed by atoms with E-state index >= 15 is 0 Å². The molecule has 8 nitrogen and oxygen atoms in total. The largest absolute Gasteiger partial charge is 0.462 e. The molecule has 0 spiro atoms. The van der Waals surface area contributed by atoms with Gasteiger partial charge in [-0.2, -0.15) is 5.10 Å². The second kappa shape index (κ2) is 10.2. The number of carbonyl (C=O) groups is 3. The van der Waals surface area contributed by atoms with Gasteiger partial charge in [0.15, 0.2) is 0 Å². The summed E-state index contributed by atoms with van der Waals surface area (Å²) in [5.74, 6) is -0.00192. The molecule has 8 heteroatoms. The van der Waals surface area contributed by atoms with Crippen molar-refractivity contribution in [1.29, 1.82) is 0 Å². The van der Waals surface area contributed by atoms with Crippen molar-refractivity contribution in [2.45, 2.75) is 40.0 Å². The molecular weight excluding hydrogens is 396 g/mol. The van der Waals surface area contributed by atoms with Crippen LogP contribution in [0.5, 0.6) is 0 Å². The summed E-state index contributed by atoms with van der Waals surface area (Å²) in [4.78, 5) is 38.6. The minimum Gasteiger partial charge on any atom is -0.462 e. The van der Waals surface area contributed by atoms with Crippen LogP contribution in [-0.4, -0.2) is 58.7 Å². The number of amides is 2. The Balaban J connectivity index is 1.54. The number of aromatic nitrogens is 2. The molecule has 1 aromatic heterocycles. The number of nitrogens with one attached hydrogen (secondary N) is 1. The van der Waals surface area contributed by atoms with E-state index in [4.69, 9.17) is 4.74 Å². The van der Waals surface area contributed by atoms with Gasteiger partial charge >= 0.3 is 5.97 Å². The van der Waals surface area contributed by atoms with Crippen molar-refractivity contribution in [2.24, 2.45) is 5.92 Å². The summed E-state index contributed by atoms with van der Waals surface area (Å²) in [7, 11) is 0. The quantitative estimate of drug-likeness (QED) is 0.687. The lowest BCUT2D eigenvalue weighted by atomic mass is 10.00. The normalized spacial score (nSPS) is 16.1. The lowest BCUT2D eigenvalue weighted by molar-refractivity contribution is -0.132. The van der Waals surface area contributed by atoms with E-state index in [1.54, 1.807) is 42.8 Å². The Morgan fingerprint density at radius 3 is 2.65 bits per heavy atom. The van der Waals surface area contributed by atoms with Gasteiger partial charge < -0.3 is 15.0 Å². The first-order chi connectivity index (χ1) is 14.9. The molecule has 0 aliphatic carbocycles. The maximum atomic E-state index is 12.4. The molecule has 0 saturated carbocycles. The SMILES string of the molecule is CCOC(=O)c1cnn(-c2ccc(C(=O)NCCC(=O)N3CCCC(C)C3)cc2)c1C. The van der Waals surface area contributed by atoms with E-state index in [9.17, 15) is 14.4 Å². The Morgan fingerprint density at radius 2 is 1.97 bits per heavy atom. The molecule has 2 heterocycles. The summed E-state index contributed by atoms with van der Waals surface area (Å²) >= 11 is 0. The molecule has 1 N–H and O–H groups in total. The number of likely N-dealkylation sites (tertiary alicyclic amines) is 1. The Morgan fingerprint density at radius 1 is 1.23 bits per heavy atom. The molecule has 166 valence electrons. The number of carbonyl (C=O) groups excluding carboxylic acids is 3. The highest BCUT2D eigenvalue weighted by atomic mass is 16.5. The lowest BCUT2D eigenvalue weighted by Gasteiger charge is -2.31. The average Bonchev–Trinajstić information content (AvgIpc) is 3.15. The number of nitrogens with zero attached hydrogens (tertiary/aromatic N) is 3. The molecule has 1 fully saturated rings. The van der Waals surface area contributed by atoms with Gasteiger partial charge in [0.2, 0.25) is 5.91 Å². The number of ether oxygens (including phenoxy) is 1. The Labute approximate surface area is 182 Å². The third-order valence-corrected chi connectivity index (χ3v) is 5.51. The molecule has 2 aromatic rings. The molecule has 3 rings (SSSR count). The van der Waals surface area contributed by atoms with E-state index in [1.165, 1.54) is 12.6 Å². The zero-order chi connectivity index (χ0) is 22.4. The van der Waals surface area contributed by atoms with Crippen molar-refractivity contribution < 1.29 is 19.1 Å². The van der Waals surface area contributed by atoms with Crippen LogP contribution in [0.2, 0.25) is 0 Å². The van der Waals surface area contributed by atoms with Crippen molar-refractivity contribution in [3.8, 4) is 5.69 Å². The number of esters is 1. The summed E-state index contributed by atoms with van der Waals surface area (Å²) < 4.78 is 6.67. The van der Waals surface area contributed by atoms with E-state index in [-0.39, 0.29) is 11.8 Å². The summed E-state index contributed by atoms with van der Waals surface area (Å²) in [6.45, 7) is 7.93. The first-order valence-electron chi connectivity index (χ1n) is 10.8. The Kier molecular flexibility index (Phi) is 7.44. The highest BCUT2D eigenvalue weighted by molar-refractivity contribution is 5.94. The van der Waals surface area contributed by atoms with E-state index < -0.39 is 5.97 Å². The second-order valence-electron chi connectivity index (χ2n) is 7.92. The zero-order valence-corrected chi connectivity index (χ0v) is 18.4. The molecule has 1 aliphatic rings. The fraction of sp³-hybridized carbons (Fsp3) is 0.478. The molecular formula is C23H30N4O4. The van der Waals surface area contributed by atoms with Crippen LogP contribution < -0.4 is 5.32 Å². The number of benzene rings is 1. The third kappa shape index (κ3) is 5.51. The van der Waals surface area contributed by atoms with Crippen molar-refractivity contribution in [3.63, 3.8) is 0 Å². The Bertz CT molecular complexity index is 936. The molecule has 0 bridgehead atoms. The Hall–Kier alpha value is -3.16. The van der Waals surface area contributed by atoms with E-state index in [2.05, 4.69) is 17.3 Å². The number of hydrogen-bond donors (Lipinski definition) is 1. The van der Waals surface area contributed by atoms with Gasteiger partial charge in [0.1, 0.15) is 5.56 Å². The average molecular weight is 427 g/mol. The highest BCUT2D eigenvalue weighted by Crippen LogP contribution is 2.17. The van der Waals surface area contributed by atoms with Gasteiger partial charge in [-0.3, -0.25) is 9.59 Å². The summed E-state index contributed by atoms with van der Waals surface area (Å²) in [6.07, 6.45) is 4.00. The van der Waals surface area contributed by atoms with Gasteiger partial charge in [-0.15, -0.1) is 0 Å². The maximum absolute atomic E-state index is 12.4. The van der Waals surface area contributed by atoms with Gasteiger partial charge in [0.25, 0.3) is 5.91 Å². The smallest absolute Gasteiger partial charge is 0.341 e. The van der Waals surface area contributed by atoms with Gasteiger partial charge in [0.05, 0.1) is 24.2 Å². The third-order valence-electron chi connectivity index (χ3n) is 5.51. The van der Waals surface area contributed by atoms with Crippen LogP contribution in [0.4, 0.5) is 0 Å². The van der Waals surface area contributed by atoms with Crippen LogP contribution in [-0.2, 0) is 9.53 Å². The van der Waals surface area contributed by atoms with Crippen LogP contribution in [0, 0.1) is 12.8 Å². The van der Waals surface area contributed by atoms with Crippen molar-refractivity contribution >= 4 is 17.8 Å². The topological polar surface area (TPSA) is 93.5 Å². The van der Waals surface area contributed by atoms with Crippen LogP contribution in [0.15, 0.2) is 30.5 Å². The van der Waals surface area contributed by atoms with E-state index in [0.29, 0.717) is 42.3 Å². The van der Waals surface area contributed by atoms with Crippen LogP contribution in [0.3, 0.4) is 0 Å². The zero-order valence-electron chi connectivity index (χ0n) is 18.4. The van der Waals surface area contributed by atoms with Crippen LogP contribution >= 0.6 is 0 Å². The molecule has 1 unspecified atom stereocenters. The summed E-state index contributed by atoms with van der Waals surface area (Å²) in [5, 5.41) is 7.07. The fourth-order valence-electron chi connectivity index (χ4n) is 3.79. The number of rotatable bonds is 7. The maximum Gasteiger partial charge on any atom is 0.341 e. The standard InChI is InChI=1S/C23H30N4O4/c1-4-31-23(30)20-14-25-27(17(20)3)19-9-7-18(8-10-19)22(29)24-12-11-21(28)26-13-5-6-16(2)15-26/h7-10,14,16H,4-6,11-13,15H2,1-3H3,(H,24,29). The second-order valence-corrected chi connectivity index (χ2v) is 7.92. The monoisotopic (exact) mass is 426 g/mol. The lowest BCUT2D eigenvalue weighted by Crippen LogP contribution is -2.40. The molecule has 1 atom stereocenters. The van der Waals surface area contributed by atoms with Crippen molar-refractivity contribution in [3.05, 3.63) is 47.3 Å². The summed E-state index contributed by atoms with van der Waals surface area (Å²) in [6, 6.07) is 6.93. The fourth-order valence-corrected chi connectivity index (χ4v) is 3.79. The van der Waals surface area contributed by atoms with Gasteiger partial charge in [0, 0.05) is 31.6 Å². The van der Waals surface area contributed by atoms with Crippen molar-refractivity contribution in [2.75, 3.05) is 26.2 Å². The van der Waals surface area contributed by atoms with Crippen molar-refractivity contribution in [1.82, 2.24) is 20.0 Å². The molecule has 1 aromatic carbocycles. The van der Waals surface area contributed by atoms with Gasteiger partial charge in [-0.1, -0.05) is 6.92 Å². The van der Waals surface area contributed by atoms with Gasteiger partial charge in [-0.25, -0.2) is 9.48 Å². The van der Waals surface area contributed by atoms with Gasteiger partial charge in [-0.05, 0) is 56.9 Å².